The van der Waals surface area contributed by atoms with Gasteiger partial charge >= 0.3 is 10.2 Å². The fourth-order valence-electron chi connectivity index (χ4n) is 3.86. The molecule has 0 atom stereocenters. The lowest BCUT2D eigenvalue weighted by molar-refractivity contribution is 0.295. The van der Waals surface area contributed by atoms with Gasteiger partial charge in [0.05, 0.1) is 29.6 Å². The summed E-state index contributed by atoms with van der Waals surface area (Å²) in [5.41, 5.74) is 2.56. The molecule has 2 aromatic rings. The fourth-order valence-corrected chi connectivity index (χ4v) is 5.21. The number of likely N-dealkylation sites (N-methyl/N-ethyl adjacent to an activating group) is 1. The molecule has 1 N–H and O–H groups in total. The first-order valence-corrected chi connectivity index (χ1v) is 12.7. The lowest BCUT2D eigenvalue weighted by Crippen LogP contribution is -2.39. The van der Waals surface area contributed by atoms with Crippen LogP contribution in [0.15, 0.2) is 55.1 Å². The summed E-state index contributed by atoms with van der Waals surface area (Å²) >= 11 is 0. The van der Waals surface area contributed by atoms with Gasteiger partial charge in [0, 0.05) is 13.1 Å². The molecule has 8 heteroatoms. The number of fused-ring (bicyclic) bond motifs is 1. The first-order valence-electron chi connectivity index (χ1n) is 11.3. The zero-order chi connectivity index (χ0) is 23.7. The number of nitriles is 1. The molecule has 1 heterocycles. The van der Waals surface area contributed by atoms with Gasteiger partial charge in [0.1, 0.15) is 5.75 Å². The zero-order valence-electron chi connectivity index (χ0n) is 19.2. The lowest BCUT2D eigenvalue weighted by atomic mass is 10.0. The molecule has 2 aromatic carbocycles. The van der Waals surface area contributed by atoms with E-state index in [1.165, 1.54) is 4.31 Å². The van der Waals surface area contributed by atoms with E-state index >= 15 is 0 Å². The minimum absolute atomic E-state index is 0.416. The van der Waals surface area contributed by atoms with Crippen molar-refractivity contribution in [2.45, 2.75) is 32.1 Å². The standard InChI is InChI=1S/C25H32N4O3S/c1-3-15-28(2)16-5-4-6-18-32-24-13-14-25-22(19-24)8-7-17-29(25)33(30,31)27-23-11-9-21(20-26)10-12-23/h3,9-14,19,27H,1,4-8,15-18H2,2H3. The molecule has 0 saturated carbocycles. The van der Waals surface area contributed by atoms with Crippen molar-refractivity contribution in [3.05, 3.63) is 66.2 Å². The van der Waals surface area contributed by atoms with Crippen LogP contribution >= 0.6 is 0 Å². The molecule has 0 unspecified atom stereocenters. The summed E-state index contributed by atoms with van der Waals surface area (Å²) < 4.78 is 36.0. The minimum atomic E-state index is -3.77. The third kappa shape index (κ3) is 6.98. The van der Waals surface area contributed by atoms with Crippen LogP contribution in [-0.4, -0.2) is 46.6 Å². The van der Waals surface area contributed by atoms with E-state index in [1.54, 1.807) is 24.3 Å². The Hall–Kier alpha value is -3.02. The number of benzene rings is 2. The molecule has 0 fully saturated rings. The molecule has 0 saturated heterocycles. The number of unbranched alkanes of at least 4 members (excludes halogenated alkanes) is 2. The van der Waals surface area contributed by atoms with E-state index in [0.29, 0.717) is 30.1 Å². The van der Waals surface area contributed by atoms with Crippen LogP contribution in [0.25, 0.3) is 0 Å². The molecule has 0 bridgehead atoms. The number of aryl methyl sites for hydroxylation is 1. The number of hydrogen-bond acceptors (Lipinski definition) is 5. The van der Waals surface area contributed by atoms with Crippen molar-refractivity contribution in [1.82, 2.24) is 4.90 Å². The lowest BCUT2D eigenvalue weighted by Gasteiger charge is -2.31. The number of hydrogen-bond donors (Lipinski definition) is 1. The molecular weight excluding hydrogens is 436 g/mol. The van der Waals surface area contributed by atoms with Gasteiger partial charge in [0.15, 0.2) is 0 Å². The van der Waals surface area contributed by atoms with Crippen molar-refractivity contribution in [2.24, 2.45) is 0 Å². The third-order valence-corrected chi connectivity index (χ3v) is 7.02. The van der Waals surface area contributed by atoms with Gasteiger partial charge in [-0.3, -0.25) is 9.03 Å². The topological polar surface area (TPSA) is 85.7 Å². The highest BCUT2D eigenvalue weighted by atomic mass is 32.2. The molecule has 176 valence electrons. The van der Waals surface area contributed by atoms with Gasteiger partial charge in [-0.1, -0.05) is 6.08 Å². The van der Waals surface area contributed by atoms with Crippen LogP contribution in [0.3, 0.4) is 0 Å². The monoisotopic (exact) mass is 468 g/mol. The Bertz CT molecular complexity index is 1080. The number of nitrogens with one attached hydrogen (secondary N) is 1. The summed E-state index contributed by atoms with van der Waals surface area (Å²) in [5.74, 6) is 0.775. The maximum Gasteiger partial charge on any atom is 0.323 e. The number of nitrogens with zero attached hydrogens (tertiary/aromatic N) is 3. The van der Waals surface area contributed by atoms with Crippen molar-refractivity contribution >= 4 is 21.6 Å². The molecule has 1 aliphatic rings. The largest absolute Gasteiger partial charge is 0.494 e. The molecule has 1 aliphatic heterocycles. The highest BCUT2D eigenvalue weighted by Crippen LogP contribution is 2.33. The normalized spacial score (nSPS) is 13.3. The van der Waals surface area contributed by atoms with Gasteiger partial charge in [-0.15, -0.1) is 6.58 Å². The summed E-state index contributed by atoms with van der Waals surface area (Å²) in [6.45, 7) is 6.77. The van der Waals surface area contributed by atoms with Crippen LogP contribution in [0.4, 0.5) is 11.4 Å². The van der Waals surface area contributed by atoms with E-state index in [-0.39, 0.29) is 0 Å². The second-order valence-electron chi connectivity index (χ2n) is 8.22. The molecule has 0 aromatic heterocycles. The Labute approximate surface area is 197 Å². The van der Waals surface area contributed by atoms with Crippen LogP contribution in [-0.2, 0) is 16.6 Å². The van der Waals surface area contributed by atoms with E-state index in [1.807, 2.05) is 30.3 Å². The first kappa shape index (κ1) is 24.6. The van der Waals surface area contributed by atoms with Crippen molar-refractivity contribution in [3.8, 4) is 11.8 Å². The predicted octanol–water partition coefficient (Wildman–Crippen LogP) is 4.33. The zero-order valence-corrected chi connectivity index (χ0v) is 20.0. The van der Waals surface area contributed by atoms with Crippen LogP contribution in [0, 0.1) is 11.3 Å². The molecule has 33 heavy (non-hydrogen) atoms. The molecule has 0 radical (unpaired) electrons. The predicted molar refractivity (Wildman–Crippen MR) is 133 cm³/mol. The molecule has 0 aliphatic carbocycles. The highest BCUT2D eigenvalue weighted by molar-refractivity contribution is 7.94. The summed E-state index contributed by atoms with van der Waals surface area (Å²) in [4.78, 5) is 2.24. The Morgan fingerprint density at radius 3 is 2.73 bits per heavy atom. The van der Waals surface area contributed by atoms with Crippen molar-refractivity contribution in [1.29, 1.82) is 5.26 Å². The fraction of sp³-hybridized carbons (Fsp3) is 0.400. The third-order valence-electron chi connectivity index (χ3n) is 5.57. The summed E-state index contributed by atoms with van der Waals surface area (Å²) in [6, 6.07) is 14.0. The summed E-state index contributed by atoms with van der Waals surface area (Å²) in [6.07, 6.45) is 6.66. The number of rotatable bonds is 12. The molecular formula is C25H32N4O3S. The second-order valence-corrected chi connectivity index (χ2v) is 9.82. The molecule has 3 rings (SSSR count). The van der Waals surface area contributed by atoms with Crippen molar-refractivity contribution in [3.63, 3.8) is 0 Å². The van der Waals surface area contributed by atoms with E-state index in [9.17, 15) is 8.42 Å². The Kier molecular flexibility index (Phi) is 8.75. The number of anilines is 2. The van der Waals surface area contributed by atoms with Gasteiger partial charge in [-0.05, 0) is 93.7 Å². The quantitative estimate of drug-likeness (QED) is 0.370. The van der Waals surface area contributed by atoms with Crippen LogP contribution in [0.5, 0.6) is 5.75 Å². The van der Waals surface area contributed by atoms with Gasteiger partial charge in [-0.25, -0.2) is 0 Å². The van der Waals surface area contributed by atoms with E-state index < -0.39 is 10.2 Å². The van der Waals surface area contributed by atoms with Gasteiger partial charge < -0.3 is 9.64 Å². The van der Waals surface area contributed by atoms with E-state index in [2.05, 4.69) is 23.2 Å². The van der Waals surface area contributed by atoms with Crippen LogP contribution < -0.4 is 13.8 Å². The van der Waals surface area contributed by atoms with Gasteiger partial charge in [0.25, 0.3) is 0 Å². The Morgan fingerprint density at radius 2 is 2.00 bits per heavy atom. The van der Waals surface area contributed by atoms with Crippen molar-refractivity contribution < 1.29 is 13.2 Å². The van der Waals surface area contributed by atoms with Crippen LogP contribution in [0.2, 0.25) is 0 Å². The van der Waals surface area contributed by atoms with Gasteiger partial charge in [-0.2, -0.15) is 13.7 Å². The molecule has 0 spiro atoms. The SMILES string of the molecule is C=CCN(C)CCCCCOc1ccc2c(c1)CCCN2S(=O)(=O)Nc1ccc(C#N)cc1. The van der Waals surface area contributed by atoms with Crippen LogP contribution in [0.1, 0.15) is 36.8 Å². The van der Waals surface area contributed by atoms with Gasteiger partial charge in [0.2, 0.25) is 0 Å². The average molecular weight is 469 g/mol. The Balaban J connectivity index is 1.56. The summed E-state index contributed by atoms with van der Waals surface area (Å²) in [7, 11) is -1.68. The molecule has 0 amide bonds. The van der Waals surface area contributed by atoms with Crippen molar-refractivity contribution in [2.75, 3.05) is 42.3 Å². The second kappa shape index (κ2) is 11.7. The highest BCUT2D eigenvalue weighted by Gasteiger charge is 2.27. The summed E-state index contributed by atoms with van der Waals surface area (Å²) in [5, 5.41) is 8.91. The Morgan fingerprint density at radius 1 is 1.21 bits per heavy atom. The number of ether oxygens (including phenoxy) is 1. The average Bonchev–Trinajstić information content (AvgIpc) is 2.81. The molecule has 7 nitrogen and oxygen atoms in total. The van der Waals surface area contributed by atoms with E-state index in [4.69, 9.17) is 10.00 Å². The smallest absolute Gasteiger partial charge is 0.323 e. The maximum atomic E-state index is 13.0. The minimum Gasteiger partial charge on any atom is -0.494 e. The maximum absolute atomic E-state index is 13.0. The van der Waals surface area contributed by atoms with E-state index in [0.717, 1.165) is 56.5 Å². The first-order chi connectivity index (χ1) is 15.9.